The Kier molecular flexibility index (Phi) is 4.38. The Morgan fingerprint density at radius 1 is 1.26 bits per heavy atom. The quantitative estimate of drug-likeness (QED) is 0.518. The van der Waals surface area contributed by atoms with Crippen LogP contribution in [-0.4, -0.2) is 22.5 Å². The molecule has 1 atom stereocenters. The highest BCUT2D eigenvalue weighted by Crippen LogP contribution is 2.43. The molecule has 0 spiro atoms. The van der Waals surface area contributed by atoms with E-state index in [-0.39, 0.29) is 30.3 Å². The van der Waals surface area contributed by atoms with Crippen molar-refractivity contribution in [3.63, 3.8) is 0 Å². The highest BCUT2D eigenvalue weighted by Gasteiger charge is 2.47. The van der Waals surface area contributed by atoms with Crippen molar-refractivity contribution in [1.29, 1.82) is 0 Å². The number of benzene rings is 1. The van der Waals surface area contributed by atoms with Crippen molar-refractivity contribution < 1.29 is 19.4 Å². The molecule has 1 saturated heterocycles. The second-order valence-corrected chi connectivity index (χ2v) is 6.44. The predicted molar refractivity (Wildman–Crippen MR) is 84.6 cm³/mol. The molecule has 2 fully saturated rings. The Labute approximate surface area is 135 Å². The Bertz CT molecular complexity index is 658. The van der Waals surface area contributed by atoms with Gasteiger partial charge in [-0.05, 0) is 31.0 Å². The molecule has 1 N–H and O–H groups in total. The molecule has 0 aromatic heterocycles. The van der Waals surface area contributed by atoms with Crippen LogP contribution in [0.1, 0.15) is 50.5 Å². The van der Waals surface area contributed by atoms with Crippen LogP contribution < -0.4 is 0 Å². The number of carbonyl (C=O) groups excluding carboxylic acids is 2. The lowest BCUT2D eigenvalue weighted by Crippen LogP contribution is -2.47. The molecule has 1 saturated carbocycles. The standard InChI is InChI=1S/C19H20O4/c20-16-9-3-5-14(11-16)6-4-10-19(15-7-1-2-8-15)13-17(21)12-18(22)23-19/h3,5,9,11,15,20H,1-2,7-8,10,12-13H2. The molecule has 4 heteroatoms. The zero-order valence-electron chi connectivity index (χ0n) is 13.0. The van der Waals surface area contributed by atoms with E-state index < -0.39 is 11.6 Å². The van der Waals surface area contributed by atoms with Crippen LogP contribution in [0, 0.1) is 17.8 Å². The van der Waals surface area contributed by atoms with Crippen molar-refractivity contribution in [2.24, 2.45) is 5.92 Å². The summed E-state index contributed by atoms with van der Waals surface area (Å²) in [5.41, 5.74) is -0.0488. The van der Waals surface area contributed by atoms with Gasteiger partial charge in [-0.3, -0.25) is 9.59 Å². The van der Waals surface area contributed by atoms with Crippen LogP contribution in [0.4, 0.5) is 0 Å². The van der Waals surface area contributed by atoms with E-state index in [2.05, 4.69) is 11.8 Å². The Balaban J connectivity index is 1.82. The van der Waals surface area contributed by atoms with Crippen molar-refractivity contribution in [3.05, 3.63) is 29.8 Å². The Morgan fingerprint density at radius 2 is 2.04 bits per heavy atom. The minimum atomic E-state index is -0.757. The van der Waals surface area contributed by atoms with E-state index in [1.807, 2.05) is 6.07 Å². The monoisotopic (exact) mass is 312 g/mol. The van der Waals surface area contributed by atoms with Gasteiger partial charge in [0.05, 0.1) is 6.42 Å². The molecule has 3 rings (SSSR count). The Hall–Kier alpha value is -2.28. The number of ketones is 1. The number of cyclic esters (lactones) is 1. The zero-order valence-corrected chi connectivity index (χ0v) is 13.0. The first kappa shape index (κ1) is 15.6. The smallest absolute Gasteiger partial charge is 0.313 e. The van der Waals surface area contributed by atoms with Crippen LogP contribution >= 0.6 is 0 Å². The van der Waals surface area contributed by atoms with E-state index in [0.717, 1.165) is 25.7 Å². The molecule has 1 aromatic carbocycles. The van der Waals surface area contributed by atoms with Gasteiger partial charge in [0.15, 0.2) is 0 Å². The lowest BCUT2D eigenvalue weighted by molar-refractivity contribution is -0.176. The van der Waals surface area contributed by atoms with Gasteiger partial charge in [-0.2, -0.15) is 0 Å². The maximum absolute atomic E-state index is 11.9. The van der Waals surface area contributed by atoms with Gasteiger partial charge in [-0.25, -0.2) is 0 Å². The molecular weight excluding hydrogens is 292 g/mol. The lowest BCUT2D eigenvalue weighted by Gasteiger charge is -2.39. The number of phenols is 1. The highest BCUT2D eigenvalue weighted by atomic mass is 16.6. The molecule has 1 unspecified atom stereocenters. The van der Waals surface area contributed by atoms with Crippen LogP contribution in [0.3, 0.4) is 0 Å². The van der Waals surface area contributed by atoms with E-state index >= 15 is 0 Å². The highest BCUT2D eigenvalue weighted by molar-refractivity contribution is 5.98. The number of ether oxygens (including phenoxy) is 1. The van der Waals surface area contributed by atoms with E-state index in [0.29, 0.717) is 12.0 Å². The maximum atomic E-state index is 11.9. The molecular formula is C19H20O4. The summed E-state index contributed by atoms with van der Waals surface area (Å²) in [7, 11) is 0. The van der Waals surface area contributed by atoms with Crippen molar-refractivity contribution >= 4 is 11.8 Å². The second-order valence-electron chi connectivity index (χ2n) is 6.44. The predicted octanol–water partition coefficient (Wildman–Crippen LogP) is 2.97. The summed E-state index contributed by atoms with van der Waals surface area (Å²) < 4.78 is 5.68. The van der Waals surface area contributed by atoms with Gasteiger partial charge in [0.1, 0.15) is 23.6 Å². The number of esters is 1. The Morgan fingerprint density at radius 3 is 2.74 bits per heavy atom. The molecule has 2 aliphatic rings. The van der Waals surface area contributed by atoms with E-state index in [9.17, 15) is 14.7 Å². The fraction of sp³-hybridized carbons (Fsp3) is 0.474. The lowest BCUT2D eigenvalue weighted by atomic mass is 9.77. The molecule has 1 aliphatic heterocycles. The van der Waals surface area contributed by atoms with Gasteiger partial charge >= 0.3 is 5.97 Å². The molecule has 23 heavy (non-hydrogen) atoms. The molecule has 1 aromatic rings. The van der Waals surface area contributed by atoms with Crippen LogP contribution in [0.15, 0.2) is 24.3 Å². The van der Waals surface area contributed by atoms with Gasteiger partial charge < -0.3 is 9.84 Å². The topological polar surface area (TPSA) is 63.6 Å². The normalized spacial score (nSPS) is 24.9. The fourth-order valence-electron chi connectivity index (χ4n) is 3.66. The summed E-state index contributed by atoms with van der Waals surface area (Å²) in [5, 5.41) is 9.47. The summed E-state index contributed by atoms with van der Waals surface area (Å²) in [4.78, 5) is 23.7. The number of Topliss-reactive ketones (excluding diaryl/α,β-unsaturated/α-hetero) is 1. The van der Waals surface area contributed by atoms with Gasteiger partial charge in [0.2, 0.25) is 0 Å². The van der Waals surface area contributed by atoms with Crippen molar-refractivity contribution in [1.82, 2.24) is 0 Å². The van der Waals surface area contributed by atoms with Gasteiger partial charge in [-0.1, -0.05) is 30.7 Å². The first-order valence-electron chi connectivity index (χ1n) is 8.09. The first-order valence-corrected chi connectivity index (χ1v) is 8.09. The summed E-state index contributed by atoms with van der Waals surface area (Å²) in [5.74, 6) is 5.98. The van der Waals surface area contributed by atoms with Crippen LogP contribution in [0.2, 0.25) is 0 Å². The van der Waals surface area contributed by atoms with Crippen molar-refractivity contribution in [2.75, 3.05) is 0 Å². The molecule has 0 bridgehead atoms. The number of aromatic hydroxyl groups is 1. The van der Waals surface area contributed by atoms with Gasteiger partial charge in [0.25, 0.3) is 0 Å². The fourth-order valence-corrected chi connectivity index (χ4v) is 3.66. The number of hydrogen-bond donors (Lipinski definition) is 1. The van der Waals surface area contributed by atoms with Gasteiger partial charge in [-0.15, -0.1) is 0 Å². The van der Waals surface area contributed by atoms with Gasteiger partial charge in [0, 0.05) is 17.9 Å². The number of rotatable bonds is 2. The van der Waals surface area contributed by atoms with E-state index in [4.69, 9.17) is 4.74 Å². The number of hydrogen-bond acceptors (Lipinski definition) is 4. The third-order valence-corrected chi connectivity index (χ3v) is 4.72. The maximum Gasteiger partial charge on any atom is 0.313 e. The minimum Gasteiger partial charge on any atom is -0.508 e. The van der Waals surface area contributed by atoms with Crippen LogP contribution in [0.5, 0.6) is 5.75 Å². The molecule has 120 valence electrons. The van der Waals surface area contributed by atoms with E-state index in [1.165, 1.54) is 0 Å². The van der Waals surface area contributed by atoms with Crippen molar-refractivity contribution in [2.45, 2.75) is 50.5 Å². The molecule has 1 heterocycles. The summed E-state index contributed by atoms with van der Waals surface area (Å²) in [6.45, 7) is 0. The molecule has 1 aliphatic carbocycles. The summed E-state index contributed by atoms with van der Waals surface area (Å²) in [6, 6.07) is 6.73. The molecule has 4 nitrogen and oxygen atoms in total. The second kappa shape index (κ2) is 6.45. The number of carbonyl (C=O) groups is 2. The first-order chi connectivity index (χ1) is 11.1. The third kappa shape index (κ3) is 3.56. The molecule has 0 amide bonds. The average molecular weight is 312 g/mol. The molecule has 0 radical (unpaired) electrons. The largest absolute Gasteiger partial charge is 0.508 e. The summed E-state index contributed by atoms with van der Waals surface area (Å²) in [6.07, 6.45) is 4.70. The van der Waals surface area contributed by atoms with Crippen molar-refractivity contribution in [3.8, 4) is 17.6 Å². The van der Waals surface area contributed by atoms with E-state index in [1.54, 1.807) is 18.2 Å². The van der Waals surface area contributed by atoms with Crippen LogP contribution in [0.25, 0.3) is 0 Å². The zero-order chi connectivity index (χ0) is 16.3. The average Bonchev–Trinajstić information content (AvgIpc) is 3.01. The van der Waals surface area contributed by atoms with Crippen LogP contribution in [-0.2, 0) is 14.3 Å². The SMILES string of the molecule is O=C1CC(=O)OC(CC#Cc2cccc(O)c2)(C2CCCC2)C1. The minimum absolute atomic E-state index is 0.0488. The summed E-state index contributed by atoms with van der Waals surface area (Å²) >= 11 is 0. The number of phenolic OH excluding ortho intramolecular Hbond substituents is 1. The third-order valence-electron chi connectivity index (χ3n) is 4.72.